The van der Waals surface area contributed by atoms with Gasteiger partial charge in [-0.3, -0.25) is 33.6 Å². The van der Waals surface area contributed by atoms with Crippen molar-refractivity contribution in [3.8, 4) is 0 Å². The number of benzene rings is 1. The zero-order chi connectivity index (χ0) is 70.9. The van der Waals surface area contributed by atoms with Gasteiger partial charge in [-0.15, -0.1) is 0 Å². The average molecular weight is 1390 g/mol. The second-order valence-electron chi connectivity index (χ2n) is 24.7. The van der Waals surface area contributed by atoms with Crippen molar-refractivity contribution in [3.05, 3.63) is 35.9 Å². The van der Waals surface area contributed by atoms with Gasteiger partial charge in [-0.05, 0) is 76.2 Å². The van der Waals surface area contributed by atoms with Crippen molar-refractivity contribution in [1.29, 1.82) is 0 Å². The van der Waals surface area contributed by atoms with E-state index in [1.54, 1.807) is 0 Å². The molecule has 1 aromatic carbocycles. The van der Waals surface area contributed by atoms with Gasteiger partial charge in [-0.2, -0.15) is 0 Å². The number of hydrogen-bond donors (Lipinski definition) is 18. The molecule has 0 saturated carbocycles. The van der Waals surface area contributed by atoms with Gasteiger partial charge in [-0.1, -0.05) is 81.7 Å². The predicted octanol–water partition coefficient (Wildman–Crippen LogP) is -3.02. The van der Waals surface area contributed by atoms with E-state index in [2.05, 4.69) is 31.9 Å². The van der Waals surface area contributed by atoms with E-state index in [9.17, 15) is 94.8 Å². The third-order valence-corrected chi connectivity index (χ3v) is 16.8. The fourth-order valence-corrected chi connectivity index (χ4v) is 10.8. The van der Waals surface area contributed by atoms with Gasteiger partial charge in [0.05, 0.1) is 19.8 Å². The summed E-state index contributed by atoms with van der Waals surface area (Å²) in [7, 11) is 0. The molecule has 2 unspecified atom stereocenters. The topological polar surface area (TPSA) is 499 Å². The van der Waals surface area contributed by atoms with Crippen molar-refractivity contribution in [1.82, 2.24) is 31.9 Å². The number of amides is 6. The van der Waals surface area contributed by atoms with Gasteiger partial charge in [0.1, 0.15) is 91.9 Å². The van der Waals surface area contributed by atoms with Crippen molar-refractivity contribution in [2.45, 2.75) is 265 Å². The number of nitrogens with one attached hydrogen (secondary N) is 6. The lowest BCUT2D eigenvalue weighted by Crippen LogP contribution is -2.59. The first-order valence-electron chi connectivity index (χ1n) is 34.3. The first-order chi connectivity index (χ1) is 46.7. The minimum Gasteiger partial charge on any atom is -0.461 e. The molecule has 4 rings (SSSR count). The highest BCUT2D eigenvalue weighted by molar-refractivity contribution is 5.90. The number of aliphatic hydroxyl groups excluding tert-OH is 12. The predicted molar refractivity (Wildman–Crippen MR) is 342 cm³/mol. The summed E-state index contributed by atoms with van der Waals surface area (Å²) < 4.78 is 38.1. The van der Waals surface area contributed by atoms with Gasteiger partial charge in [0.15, 0.2) is 18.9 Å². The Morgan fingerprint density at radius 2 is 0.711 bits per heavy atom. The minimum absolute atomic E-state index is 0.0216. The summed E-state index contributed by atoms with van der Waals surface area (Å²) in [6.45, 7) is -0.161. The quantitative estimate of drug-likeness (QED) is 0.0228. The minimum atomic E-state index is -1.58. The van der Waals surface area contributed by atoms with Crippen molar-refractivity contribution in [2.24, 2.45) is 0 Å². The van der Waals surface area contributed by atoms with Crippen LogP contribution in [0.5, 0.6) is 0 Å². The molecule has 556 valence electrons. The summed E-state index contributed by atoms with van der Waals surface area (Å²) in [4.78, 5) is 92.5. The van der Waals surface area contributed by atoms with Crippen molar-refractivity contribution < 1.29 is 128 Å². The lowest BCUT2D eigenvalue weighted by molar-refractivity contribution is -0.301. The third kappa shape index (κ3) is 32.3. The summed E-state index contributed by atoms with van der Waals surface area (Å²) in [6.07, 6.45) is -11.8. The van der Waals surface area contributed by atoms with Crippen LogP contribution in [0.4, 0.5) is 0 Å². The van der Waals surface area contributed by atoms with Crippen LogP contribution in [0, 0.1) is 0 Å². The van der Waals surface area contributed by atoms with Crippen LogP contribution in [0.2, 0.25) is 0 Å². The summed E-state index contributed by atoms with van der Waals surface area (Å²) in [6, 6.07) is 6.95. The fourth-order valence-electron chi connectivity index (χ4n) is 10.8. The van der Waals surface area contributed by atoms with Gasteiger partial charge < -0.3 is 126 Å². The van der Waals surface area contributed by atoms with E-state index < -0.39 is 154 Å². The van der Waals surface area contributed by atoms with E-state index in [1.807, 2.05) is 30.3 Å². The van der Waals surface area contributed by atoms with Gasteiger partial charge in [0.2, 0.25) is 35.4 Å². The van der Waals surface area contributed by atoms with Crippen LogP contribution in [-0.4, -0.2) is 273 Å². The summed E-state index contributed by atoms with van der Waals surface area (Å²) in [5, 5.41) is 136. The van der Waals surface area contributed by atoms with E-state index in [0.717, 1.165) is 18.4 Å². The Bertz CT molecular complexity index is 2390. The number of unbranched alkanes of at least 4 members (excludes halogenated alkanes) is 12. The first kappa shape index (κ1) is 84.2. The van der Waals surface area contributed by atoms with Gasteiger partial charge in [-0.25, -0.2) is 0 Å². The fraction of sp³-hybridized carbons (Fsp3) is 0.800. The molecule has 3 fully saturated rings. The Labute approximate surface area is 566 Å². The van der Waals surface area contributed by atoms with Crippen molar-refractivity contribution in [2.75, 3.05) is 65.8 Å². The van der Waals surface area contributed by atoms with Crippen LogP contribution in [0.1, 0.15) is 160 Å². The number of carbonyl (C=O) groups excluding carboxylic acids is 7. The Balaban J connectivity index is 1.27. The second kappa shape index (κ2) is 48.5. The molecular weight excluding hydrogens is 1280 g/mol. The van der Waals surface area contributed by atoms with E-state index in [4.69, 9.17) is 33.2 Å². The molecule has 1 aromatic rings. The molecule has 3 aliphatic heterocycles. The molecule has 32 nitrogen and oxygen atoms in total. The third-order valence-electron chi connectivity index (χ3n) is 16.8. The van der Waals surface area contributed by atoms with Gasteiger partial charge >= 0.3 is 5.97 Å². The molecule has 0 bridgehead atoms. The van der Waals surface area contributed by atoms with Crippen LogP contribution >= 0.6 is 0 Å². The molecule has 3 saturated heterocycles. The molecule has 6 amide bonds. The van der Waals surface area contributed by atoms with Crippen LogP contribution in [-0.2, 0) is 73.3 Å². The Morgan fingerprint density at radius 3 is 1.11 bits per heavy atom. The van der Waals surface area contributed by atoms with Crippen LogP contribution in [0.25, 0.3) is 0 Å². The lowest BCUT2D eigenvalue weighted by atomic mass is 9.99. The molecule has 0 aromatic heterocycles. The van der Waals surface area contributed by atoms with Crippen LogP contribution < -0.4 is 31.9 Å². The highest BCUT2D eigenvalue weighted by Crippen LogP contribution is 2.25. The molecule has 18 N–H and O–H groups in total. The largest absolute Gasteiger partial charge is 0.461 e. The number of carbonyl (C=O) groups is 7. The molecule has 17 atom stereocenters. The Hall–Kier alpha value is -5.21. The molecule has 3 aliphatic rings. The summed E-state index contributed by atoms with van der Waals surface area (Å²) in [5.41, 5.74) is 0.905. The molecular formula is C65H110N6O26. The van der Waals surface area contributed by atoms with E-state index in [0.29, 0.717) is 96.4 Å². The second-order valence-corrected chi connectivity index (χ2v) is 24.7. The Morgan fingerprint density at radius 1 is 0.371 bits per heavy atom. The molecule has 3 heterocycles. The van der Waals surface area contributed by atoms with E-state index in [-0.39, 0.29) is 109 Å². The number of aliphatic hydroxyl groups is 12. The smallest absolute Gasteiger partial charge is 0.306 e. The van der Waals surface area contributed by atoms with Gasteiger partial charge in [0, 0.05) is 78.1 Å². The molecule has 0 radical (unpaired) electrons. The highest BCUT2D eigenvalue weighted by atomic mass is 16.7. The Kier molecular flexibility index (Phi) is 42.1. The number of ether oxygens (including phenoxy) is 7. The maximum absolute atomic E-state index is 13.7. The molecule has 97 heavy (non-hydrogen) atoms. The standard InChI is InChI=1S/C65H110N6O26/c72-37-44-52(80)55(83)58(86)63(95-44)91-34-17-6-3-14-31-67-48(76)28-26-42(61(89)68-32-15-4-7-18-35-92-64-59(87)56(84)53(81)45(38-73)96-64)71-50(78)29-27-43(62(90)69-33-16-5-8-19-36-93-65-60(88)57(85)54(82)46(39-74)97-65)70-49(77)24-20-23-47(75)66-30-13-2-1-12-25-51(79)94-40-41-21-10-9-11-22-41/h9-11,21-22,42-46,52-60,63-65,72-74,80-88H,1-8,12-20,23-40H2,(H,66,75)(H,67,76)(H,68,89)(H,69,90)(H,70,77)(H,71,78)/t42?,43?,44-,45-,46-,52-,53-,54-,55+,56+,57+,58+,59+,60+,63+,64+,65+/m1/s1. The normalized spacial score (nSPS) is 26.2. The van der Waals surface area contributed by atoms with Gasteiger partial charge in [0.25, 0.3) is 0 Å². The molecule has 0 aliphatic carbocycles. The lowest BCUT2D eigenvalue weighted by Gasteiger charge is -2.39. The monoisotopic (exact) mass is 1390 g/mol. The zero-order valence-electron chi connectivity index (χ0n) is 55.5. The van der Waals surface area contributed by atoms with Crippen molar-refractivity contribution >= 4 is 41.4 Å². The first-order valence-corrected chi connectivity index (χ1v) is 34.3. The van der Waals surface area contributed by atoms with Crippen LogP contribution in [0.15, 0.2) is 30.3 Å². The zero-order valence-corrected chi connectivity index (χ0v) is 55.5. The average Bonchev–Trinajstić information content (AvgIpc) is 0.862. The molecule has 32 heteroatoms. The van der Waals surface area contributed by atoms with E-state index >= 15 is 0 Å². The number of rotatable bonds is 50. The van der Waals surface area contributed by atoms with E-state index in [1.165, 1.54) is 0 Å². The maximum atomic E-state index is 13.7. The van der Waals surface area contributed by atoms with Crippen LogP contribution in [0.3, 0.4) is 0 Å². The number of hydrogen-bond acceptors (Lipinski definition) is 26. The summed E-state index contributed by atoms with van der Waals surface area (Å²) in [5.74, 6) is -3.34. The molecule has 0 spiro atoms. The maximum Gasteiger partial charge on any atom is 0.306 e. The highest BCUT2D eigenvalue weighted by Gasteiger charge is 2.46. The number of esters is 1. The van der Waals surface area contributed by atoms with Crippen molar-refractivity contribution in [3.63, 3.8) is 0 Å². The summed E-state index contributed by atoms with van der Waals surface area (Å²) >= 11 is 0. The SMILES string of the molecule is O=C(CCCC(=O)NC(CCC(=O)NC(CCC(=O)NCCCCCCO[C@H]1O[C@H](CO)[C@@H](O)[C@H](O)[C@@H]1O)C(=O)NCCCCCCO[C@H]1O[C@H](CO)[C@@H](O)[C@H](O)[C@@H]1O)C(=O)NCCCCCCO[C@H]1O[C@H](CO)[C@@H](O)[C@H](O)[C@@H]1O)NCCCCCCC(=O)OCc1ccccc1.